The fraction of sp³-hybridized carbons (Fsp3) is 0. The van der Waals surface area contributed by atoms with E-state index in [4.69, 9.17) is 15.3 Å². The Bertz CT molecular complexity index is 815. The molecule has 0 aliphatic carbocycles. The second-order valence-corrected chi connectivity index (χ2v) is 4.11. The van der Waals surface area contributed by atoms with Crippen LogP contribution in [-0.4, -0.2) is 11.2 Å². The number of aldehydes is 1. The highest BCUT2D eigenvalue weighted by Gasteiger charge is 2.19. The largest absolute Gasteiger partial charge is 0.447 e. The summed E-state index contributed by atoms with van der Waals surface area (Å²) in [6, 6.07) is 11.7. The lowest BCUT2D eigenvalue weighted by atomic mass is 10.1. The molecule has 0 aliphatic rings. The number of nitriles is 2. The van der Waals surface area contributed by atoms with Crippen LogP contribution >= 0.6 is 0 Å². The molecule has 0 N–H and O–H groups in total. The highest BCUT2D eigenvalue weighted by molar-refractivity contribution is 5.77. The molecule has 0 spiro atoms. The number of benzene rings is 2. The number of carbonyl (C=O) groups excluding carboxylic acids is 1. The standard InChI is InChI=1S/C15H7N3O4/c16-7-11-2-1-3-12(8-17)15(11)22-14-5-4-10(9-19)6-13(14)18(20)21/h1-6,9H. The summed E-state index contributed by atoms with van der Waals surface area (Å²) in [6.45, 7) is 0. The van der Waals surface area contributed by atoms with E-state index in [0.717, 1.165) is 6.07 Å². The molecular formula is C15H7N3O4. The molecule has 0 amide bonds. The summed E-state index contributed by atoms with van der Waals surface area (Å²) in [5, 5.41) is 29.2. The van der Waals surface area contributed by atoms with Crippen molar-refractivity contribution in [1.29, 1.82) is 10.5 Å². The number of para-hydroxylation sites is 1. The fourth-order valence-electron chi connectivity index (χ4n) is 1.77. The average Bonchev–Trinajstić information content (AvgIpc) is 2.55. The molecule has 2 rings (SSSR count). The van der Waals surface area contributed by atoms with Gasteiger partial charge in [-0.1, -0.05) is 6.07 Å². The van der Waals surface area contributed by atoms with E-state index >= 15 is 0 Å². The van der Waals surface area contributed by atoms with E-state index in [1.54, 1.807) is 0 Å². The Labute approximate surface area is 124 Å². The van der Waals surface area contributed by atoms with Crippen LogP contribution in [0.25, 0.3) is 0 Å². The number of nitro benzene ring substituents is 1. The normalized spacial score (nSPS) is 9.36. The van der Waals surface area contributed by atoms with Crippen LogP contribution in [-0.2, 0) is 0 Å². The van der Waals surface area contributed by atoms with Crippen molar-refractivity contribution >= 4 is 12.0 Å². The Hall–Kier alpha value is -3.71. The summed E-state index contributed by atoms with van der Waals surface area (Å²) in [5.74, 6) is -0.218. The van der Waals surface area contributed by atoms with E-state index in [1.807, 2.05) is 12.1 Å². The molecule has 0 radical (unpaired) electrons. The topological polar surface area (TPSA) is 117 Å². The number of ether oxygens (including phenoxy) is 1. The molecule has 0 aliphatic heterocycles. The van der Waals surface area contributed by atoms with Crippen molar-refractivity contribution in [1.82, 2.24) is 0 Å². The predicted octanol–water partition coefficient (Wildman–Crippen LogP) is 2.94. The lowest BCUT2D eigenvalue weighted by molar-refractivity contribution is -0.385. The number of carbonyl (C=O) groups is 1. The third-order valence-corrected chi connectivity index (χ3v) is 2.78. The van der Waals surface area contributed by atoms with Crippen molar-refractivity contribution in [2.45, 2.75) is 0 Å². The Balaban J connectivity index is 2.58. The zero-order valence-electron chi connectivity index (χ0n) is 11.0. The minimum Gasteiger partial charge on any atom is -0.447 e. The first-order valence-electron chi connectivity index (χ1n) is 5.95. The number of hydrogen-bond acceptors (Lipinski definition) is 6. The van der Waals surface area contributed by atoms with E-state index in [9.17, 15) is 14.9 Å². The lowest BCUT2D eigenvalue weighted by Crippen LogP contribution is -1.97. The first kappa shape index (κ1) is 14.7. The van der Waals surface area contributed by atoms with Gasteiger partial charge in [-0.15, -0.1) is 0 Å². The van der Waals surface area contributed by atoms with Gasteiger partial charge in [0, 0.05) is 11.6 Å². The monoisotopic (exact) mass is 293 g/mol. The average molecular weight is 293 g/mol. The van der Waals surface area contributed by atoms with Crippen LogP contribution in [0.5, 0.6) is 11.5 Å². The first-order valence-corrected chi connectivity index (χ1v) is 5.95. The second-order valence-electron chi connectivity index (χ2n) is 4.11. The second kappa shape index (κ2) is 6.16. The maximum atomic E-state index is 11.1. The summed E-state index contributed by atoms with van der Waals surface area (Å²) in [4.78, 5) is 21.1. The van der Waals surface area contributed by atoms with Gasteiger partial charge < -0.3 is 4.74 Å². The van der Waals surface area contributed by atoms with Gasteiger partial charge in [-0.05, 0) is 24.3 Å². The number of nitrogens with zero attached hydrogens (tertiary/aromatic N) is 3. The number of hydrogen-bond donors (Lipinski definition) is 0. The number of rotatable bonds is 4. The van der Waals surface area contributed by atoms with Gasteiger partial charge in [0.2, 0.25) is 5.75 Å². The van der Waals surface area contributed by atoms with E-state index < -0.39 is 10.6 Å². The SMILES string of the molecule is N#Cc1cccc(C#N)c1Oc1ccc(C=O)cc1[N+](=O)[O-]. The van der Waals surface area contributed by atoms with Crippen molar-refractivity contribution in [2.24, 2.45) is 0 Å². The number of nitro groups is 1. The molecule has 0 heterocycles. The Morgan fingerprint density at radius 3 is 2.27 bits per heavy atom. The highest BCUT2D eigenvalue weighted by Crippen LogP contribution is 2.35. The van der Waals surface area contributed by atoms with E-state index in [0.29, 0.717) is 6.29 Å². The molecule has 0 aromatic heterocycles. The van der Waals surface area contributed by atoms with Crippen LogP contribution in [0.2, 0.25) is 0 Å². The van der Waals surface area contributed by atoms with Crippen molar-refractivity contribution in [3.63, 3.8) is 0 Å². The minimum atomic E-state index is -0.705. The molecule has 2 aromatic carbocycles. The van der Waals surface area contributed by atoms with Gasteiger partial charge >= 0.3 is 5.69 Å². The third-order valence-electron chi connectivity index (χ3n) is 2.78. The van der Waals surface area contributed by atoms with Gasteiger partial charge in [0.1, 0.15) is 18.4 Å². The van der Waals surface area contributed by atoms with Crippen LogP contribution in [0.1, 0.15) is 21.5 Å². The molecule has 0 unspecified atom stereocenters. The first-order chi connectivity index (χ1) is 10.6. The van der Waals surface area contributed by atoms with E-state index in [1.165, 1.54) is 30.3 Å². The van der Waals surface area contributed by atoms with Crippen LogP contribution in [0.15, 0.2) is 36.4 Å². The van der Waals surface area contributed by atoms with Gasteiger partial charge in [-0.2, -0.15) is 10.5 Å². The maximum Gasteiger partial charge on any atom is 0.312 e. The van der Waals surface area contributed by atoms with Gasteiger partial charge in [-0.25, -0.2) is 0 Å². The third kappa shape index (κ3) is 2.74. The van der Waals surface area contributed by atoms with Crippen LogP contribution in [0.4, 0.5) is 5.69 Å². The summed E-state index contributed by atoms with van der Waals surface area (Å²) in [6.07, 6.45) is 0.473. The highest BCUT2D eigenvalue weighted by atomic mass is 16.6. The Morgan fingerprint density at radius 1 is 1.14 bits per heavy atom. The summed E-state index contributed by atoms with van der Waals surface area (Å²) >= 11 is 0. The molecule has 2 aromatic rings. The maximum absolute atomic E-state index is 11.1. The van der Waals surface area contributed by atoms with Crippen LogP contribution in [0, 0.1) is 32.8 Å². The fourth-order valence-corrected chi connectivity index (χ4v) is 1.77. The molecule has 0 bridgehead atoms. The lowest BCUT2D eigenvalue weighted by Gasteiger charge is -2.09. The van der Waals surface area contributed by atoms with Crippen LogP contribution < -0.4 is 4.74 Å². The van der Waals surface area contributed by atoms with Crippen LogP contribution in [0.3, 0.4) is 0 Å². The Morgan fingerprint density at radius 2 is 1.77 bits per heavy atom. The van der Waals surface area contributed by atoms with E-state index in [-0.39, 0.29) is 28.2 Å². The molecule has 0 saturated heterocycles. The molecule has 7 heteroatoms. The van der Waals surface area contributed by atoms with Crippen molar-refractivity contribution < 1.29 is 14.5 Å². The van der Waals surface area contributed by atoms with Crippen molar-refractivity contribution in [3.8, 4) is 23.6 Å². The van der Waals surface area contributed by atoms with Gasteiger partial charge in [0.15, 0.2) is 5.75 Å². The zero-order chi connectivity index (χ0) is 16.1. The molecule has 0 saturated carbocycles. The summed E-state index contributed by atoms with van der Waals surface area (Å²) in [7, 11) is 0. The molecule has 7 nitrogen and oxygen atoms in total. The predicted molar refractivity (Wildman–Crippen MR) is 74.4 cm³/mol. The molecule has 0 fully saturated rings. The quantitative estimate of drug-likeness (QED) is 0.486. The van der Waals surface area contributed by atoms with Gasteiger partial charge in [0.25, 0.3) is 0 Å². The molecule has 0 atom stereocenters. The summed E-state index contributed by atoms with van der Waals surface area (Å²) < 4.78 is 5.41. The Kier molecular flexibility index (Phi) is 4.11. The van der Waals surface area contributed by atoms with Gasteiger partial charge in [-0.3, -0.25) is 14.9 Å². The summed E-state index contributed by atoms with van der Waals surface area (Å²) in [5.41, 5.74) is -0.157. The smallest absolute Gasteiger partial charge is 0.312 e. The molecular weight excluding hydrogens is 286 g/mol. The molecule has 106 valence electrons. The molecule has 22 heavy (non-hydrogen) atoms. The van der Waals surface area contributed by atoms with E-state index in [2.05, 4.69) is 0 Å². The minimum absolute atomic E-state index is 0.0607. The van der Waals surface area contributed by atoms with Crippen molar-refractivity contribution in [2.75, 3.05) is 0 Å². The van der Waals surface area contributed by atoms with Crippen molar-refractivity contribution in [3.05, 3.63) is 63.2 Å². The van der Waals surface area contributed by atoms with Gasteiger partial charge in [0.05, 0.1) is 16.1 Å². The zero-order valence-corrected chi connectivity index (χ0v) is 11.0.